The van der Waals surface area contributed by atoms with Crippen LogP contribution >= 0.6 is 24.0 Å². The minimum Gasteiger partial charge on any atom is -0.484 e. The zero-order valence-corrected chi connectivity index (χ0v) is 19.3. The van der Waals surface area contributed by atoms with Crippen LogP contribution in [0.3, 0.4) is 0 Å². The predicted molar refractivity (Wildman–Crippen MR) is 126 cm³/mol. The first-order valence-corrected chi connectivity index (χ1v) is 10.9. The number of benzene rings is 2. The van der Waals surface area contributed by atoms with Crippen LogP contribution in [0.25, 0.3) is 0 Å². The van der Waals surface area contributed by atoms with Crippen LogP contribution in [0.15, 0.2) is 48.5 Å². The Morgan fingerprint density at radius 3 is 2.37 bits per heavy atom. The maximum absolute atomic E-state index is 12.4. The van der Waals surface area contributed by atoms with Gasteiger partial charge in [0.05, 0.1) is 6.04 Å². The maximum atomic E-state index is 12.4. The molecule has 4 nitrogen and oxygen atoms in total. The number of amides is 1. The van der Waals surface area contributed by atoms with Crippen LogP contribution in [0.5, 0.6) is 5.75 Å². The molecule has 0 saturated carbocycles. The Bertz CT molecular complexity index is 790. The number of nitrogens with one attached hydrogen (secondary N) is 1. The molecule has 1 aliphatic rings. The second kappa shape index (κ2) is 12.2. The van der Waals surface area contributed by atoms with Crippen LogP contribution in [0.4, 0.5) is 0 Å². The lowest BCUT2D eigenvalue weighted by atomic mass is 10.0. The van der Waals surface area contributed by atoms with Crippen molar-refractivity contribution in [2.24, 2.45) is 0 Å². The van der Waals surface area contributed by atoms with Crippen LogP contribution in [0.2, 0.25) is 5.02 Å². The Morgan fingerprint density at radius 1 is 1.07 bits per heavy atom. The molecule has 1 saturated heterocycles. The molecule has 0 spiro atoms. The summed E-state index contributed by atoms with van der Waals surface area (Å²) in [5, 5.41) is 3.79. The summed E-state index contributed by atoms with van der Waals surface area (Å²) in [5.41, 5.74) is 2.33. The molecule has 3 rings (SSSR count). The van der Waals surface area contributed by atoms with E-state index < -0.39 is 0 Å². The van der Waals surface area contributed by atoms with Gasteiger partial charge >= 0.3 is 0 Å². The molecule has 1 heterocycles. The van der Waals surface area contributed by atoms with Crippen LogP contribution < -0.4 is 10.1 Å². The molecule has 0 aliphatic carbocycles. The van der Waals surface area contributed by atoms with Crippen LogP contribution in [0, 0.1) is 0 Å². The van der Waals surface area contributed by atoms with E-state index in [4.69, 9.17) is 16.3 Å². The van der Waals surface area contributed by atoms with Crippen LogP contribution in [-0.2, 0) is 4.79 Å². The van der Waals surface area contributed by atoms with Crippen molar-refractivity contribution in [3.05, 3.63) is 64.7 Å². The number of hydrogen-bond donors (Lipinski definition) is 1. The van der Waals surface area contributed by atoms with Crippen LogP contribution in [-0.4, -0.2) is 37.0 Å². The smallest absolute Gasteiger partial charge is 0.258 e. The molecule has 1 N–H and O–H groups in total. The minimum atomic E-state index is -0.119. The van der Waals surface area contributed by atoms with Gasteiger partial charge < -0.3 is 10.1 Å². The molecule has 1 fully saturated rings. The minimum absolute atomic E-state index is 0. The molecule has 0 aromatic heterocycles. The van der Waals surface area contributed by atoms with Gasteiger partial charge in [-0.25, -0.2) is 0 Å². The van der Waals surface area contributed by atoms with Gasteiger partial charge in [0.25, 0.3) is 5.91 Å². The second-order valence-corrected chi connectivity index (χ2v) is 8.36. The van der Waals surface area contributed by atoms with Crippen molar-refractivity contribution in [2.45, 2.75) is 45.1 Å². The zero-order valence-electron chi connectivity index (χ0n) is 17.8. The number of nitrogens with zero attached hydrogens (tertiary/aromatic N) is 1. The first-order chi connectivity index (χ1) is 14.0. The van der Waals surface area contributed by atoms with Gasteiger partial charge in [-0.15, -0.1) is 12.4 Å². The van der Waals surface area contributed by atoms with Gasteiger partial charge in [-0.2, -0.15) is 0 Å². The molecule has 0 bridgehead atoms. The average Bonchev–Trinajstić information content (AvgIpc) is 2.74. The summed E-state index contributed by atoms with van der Waals surface area (Å²) < 4.78 is 5.66. The molecule has 1 aliphatic heterocycles. The molecule has 2 aromatic carbocycles. The molecular formula is C24H32Cl2N2O2. The summed E-state index contributed by atoms with van der Waals surface area (Å²) in [6.45, 7) is 6.91. The third kappa shape index (κ3) is 6.90. The fraction of sp³-hybridized carbons (Fsp3) is 0.458. The number of hydrogen-bond acceptors (Lipinski definition) is 3. The maximum Gasteiger partial charge on any atom is 0.258 e. The molecular weight excluding hydrogens is 419 g/mol. The Kier molecular flexibility index (Phi) is 9.96. The number of rotatable bonds is 8. The summed E-state index contributed by atoms with van der Waals surface area (Å²) in [5.74, 6) is 1.07. The summed E-state index contributed by atoms with van der Waals surface area (Å²) in [7, 11) is 0. The summed E-state index contributed by atoms with van der Waals surface area (Å²) in [6.07, 6.45) is 3.64. The highest BCUT2D eigenvalue weighted by Crippen LogP contribution is 2.29. The highest BCUT2D eigenvalue weighted by molar-refractivity contribution is 6.31. The lowest BCUT2D eigenvalue weighted by Crippen LogP contribution is -2.41. The SMILES string of the molecule is CC(C)c1ccc(OCC(=O)NCC(c2ccccc2Cl)N2CCCCC2)cc1.Cl. The fourth-order valence-electron chi connectivity index (χ4n) is 3.77. The van der Waals surface area contributed by atoms with E-state index in [1.807, 2.05) is 42.5 Å². The lowest BCUT2D eigenvalue weighted by Gasteiger charge is -2.35. The number of carbonyl (C=O) groups excluding carboxylic acids is 1. The standard InChI is InChI=1S/C24H31ClN2O2.ClH/c1-18(2)19-10-12-20(13-11-19)29-17-24(28)26-16-23(27-14-6-3-7-15-27)21-8-4-5-9-22(21)25;/h4-5,8-13,18,23H,3,6-7,14-17H2,1-2H3,(H,26,28);1H. The molecule has 0 radical (unpaired) electrons. The van der Waals surface area contributed by atoms with Gasteiger partial charge in [-0.3, -0.25) is 9.69 Å². The monoisotopic (exact) mass is 450 g/mol. The number of likely N-dealkylation sites (tertiary alicyclic amines) is 1. The van der Waals surface area contributed by atoms with E-state index in [9.17, 15) is 4.79 Å². The molecule has 30 heavy (non-hydrogen) atoms. The van der Waals surface area contributed by atoms with Crippen molar-refractivity contribution < 1.29 is 9.53 Å². The van der Waals surface area contributed by atoms with E-state index >= 15 is 0 Å². The molecule has 1 unspecified atom stereocenters. The Morgan fingerprint density at radius 2 is 1.73 bits per heavy atom. The molecule has 164 valence electrons. The van der Waals surface area contributed by atoms with E-state index in [1.54, 1.807) is 0 Å². The molecule has 2 aromatic rings. The van der Waals surface area contributed by atoms with Gasteiger partial charge in [0.2, 0.25) is 0 Å². The van der Waals surface area contributed by atoms with Crippen molar-refractivity contribution in [1.29, 1.82) is 0 Å². The Hall–Kier alpha value is -1.75. The highest BCUT2D eigenvalue weighted by atomic mass is 35.5. The first-order valence-electron chi connectivity index (χ1n) is 10.5. The Balaban J connectivity index is 0.00000320. The average molecular weight is 451 g/mol. The van der Waals surface area contributed by atoms with Crippen molar-refractivity contribution in [1.82, 2.24) is 10.2 Å². The van der Waals surface area contributed by atoms with Crippen molar-refractivity contribution in [3.63, 3.8) is 0 Å². The topological polar surface area (TPSA) is 41.6 Å². The van der Waals surface area contributed by atoms with Gasteiger partial charge in [-0.05, 0) is 61.2 Å². The number of piperidine rings is 1. The zero-order chi connectivity index (χ0) is 20.6. The first kappa shape index (κ1) is 24.5. The van der Waals surface area contributed by atoms with E-state index in [1.165, 1.54) is 24.8 Å². The molecule has 1 amide bonds. The van der Waals surface area contributed by atoms with Crippen molar-refractivity contribution in [3.8, 4) is 5.75 Å². The predicted octanol–water partition coefficient (Wildman–Crippen LogP) is 5.61. The summed E-state index contributed by atoms with van der Waals surface area (Å²) >= 11 is 6.47. The van der Waals surface area contributed by atoms with Crippen molar-refractivity contribution >= 4 is 29.9 Å². The number of ether oxygens (including phenoxy) is 1. The van der Waals surface area contributed by atoms with E-state index in [0.717, 1.165) is 23.7 Å². The number of halogens is 2. The lowest BCUT2D eigenvalue weighted by molar-refractivity contribution is -0.123. The Labute approximate surface area is 191 Å². The van der Waals surface area contributed by atoms with Gasteiger partial charge in [-0.1, -0.05) is 62.2 Å². The summed E-state index contributed by atoms with van der Waals surface area (Å²) in [6, 6.07) is 15.9. The molecule has 1 atom stereocenters. The third-order valence-electron chi connectivity index (χ3n) is 5.50. The van der Waals surface area contributed by atoms with Crippen molar-refractivity contribution in [2.75, 3.05) is 26.2 Å². The van der Waals surface area contributed by atoms with Gasteiger partial charge in [0.1, 0.15) is 5.75 Å². The summed E-state index contributed by atoms with van der Waals surface area (Å²) in [4.78, 5) is 14.8. The quantitative estimate of drug-likeness (QED) is 0.568. The van der Waals surface area contributed by atoms with E-state index in [2.05, 4.69) is 30.1 Å². The largest absolute Gasteiger partial charge is 0.484 e. The van der Waals surface area contributed by atoms with Gasteiger partial charge in [0, 0.05) is 11.6 Å². The fourth-order valence-corrected chi connectivity index (χ4v) is 4.03. The second-order valence-electron chi connectivity index (χ2n) is 7.95. The van der Waals surface area contributed by atoms with Gasteiger partial charge in [0.15, 0.2) is 6.61 Å². The van der Waals surface area contributed by atoms with E-state index in [-0.39, 0.29) is 31.0 Å². The third-order valence-corrected chi connectivity index (χ3v) is 5.85. The van der Waals surface area contributed by atoms with E-state index in [0.29, 0.717) is 18.2 Å². The van der Waals surface area contributed by atoms with Crippen LogP contribution in [0.1, 0.15) is 56.2 Å². The normalized spacial score (nSPS) is 15.3. The highest BCUT2D eigenvalue weighted by Gasteiger charge is 2.24. The number of carbonyl (C=O) groups is 1. The molecule has 6 heteroatoms.